The third kappa shape index (κ3) is 2.31. The molecule has 100 valence electrons. The first-order valence-electron chi connectivity index (χ1n) is 6.08. The van der Waals surface area contributed by atoms with E-state index in [4.69, 9.17) is 0 Å². The van der Waals surface area contributed by atoms with Crippen molar-refractivity contribution in [1.82, 2.24) is 19.7 Å². The smallest absolute Gasteiger partial charge is 0.271 e. The first-order valence-corrected chi connectivity index (χ1v) is 6.08. The van der Waals surface area contributed by atoms with Gasteiger partial charge in [0.1, 0.15) is 5.69 Å². The number of nitrogens with zero attached hydrogens (tertiary/aromatic N) is 3. The molecule has 1 amide bonds. The number of carbonyl (C=O) groups is 1. The summed E-state index contributed by atoms with van der Waals surface area (Å²) in [4.78, 5) is 20.1. The van der Waals surface area contributed by atoms with Gasteiger partial charge in [-0.15, -0.1) is 0 Å². The summed E-state index contributed by atoms with van der Waals surface area (Å²) in [5.41, 5.74) is 1.53. The Morgan fingerprint density at radius 1 is 1.35 bits per heavy atom. The third-order valence-electron chi connectivity index (χ3n) is 2.87. The van der Waals surface area contributed by atoms with Gasteiger partial charge in [-0.3, -0.25) is 9.78 Å². The first-order chi connectivity index (χ1) is 9.74. The van der Waals surface area contributed by atoms with Crippen molar-refractivity contribution in [2.24, 2.45) is 0 Å². The van der Waals surface area contributed by atoms with Crippen molar-refractivity contribution < 1.29 is 9.90 Å². The highest BCUT2D eigenvalue weighted by Crippen LogP contribution is 2.16. The second kappa shape index (κ2) is 5.00. The molecule has 0 bridgehead atoms. The highest BCUT2D eigenvalue weighted by atomic mass is 16.3. The van der Waals surface area contributed by atoms with Gasteiger partial charge in [-0.05, 0) is 23.8 Å². The van der Waals surface area contributed by atoms with E-state index in [-0.39, 0.29) is 17.4 Å². The molecule has 3 rings (SSSR count). The number of hydrogen-bond donors (Lipinski definition) is 2. The maximum absolute atomic E-state index is 12.0. The van der Waals surface area contributed by atoms with Crippen molar-refractivity contribution >= 4 is 11.6 Å². The normalized spacial score (nSPS) is 10.6. The Bertz CT molecular complexity index is 752. The lowest BCUT2D eigenvalue weighted by molar-refractivity contribution is 0.0946. The van der Waals surface area contributed by atoms with Crippen molar-refractivity contribution in [3.05, 3.63) is 60.3 Å². The van der Waals surface area contributed by atoms with Gasteiger partial charge in [-0.2, -0.15) is 0 Å². The largest absolute Gasteiger partial charge is 0.504 e. The van der Waals surface area contributed by atoms with Crippen LogP contribution < -0.4 is 5.32 Å². The molecule has 6 heteroatoms. The quantitative estimate of drug-likeness (QED) is 0.751. The highest BCUT2D eigenvalue weighted by Gasteiger charge is 2.12. The van der Waals surface area contributed by atoms with Crippen LogP contribution in [0.4, 0.5) is 0 Å². The summed E-state index contributed by atoms with van der Waals surface area (Å²) >= 11 is 0. The van der Waals surface area contributed by atoms with Crippen LogP contribution in [0.1, 0.15) is 16.1 Å². The molecular weight excluding hydrogens is 256 g/mol. The van der Waals surface area contributed by atoms with Crippen molar-refractivity contribution in [1.29, 1.82) is 0 Å². The van der Waals surface area contributed by atoms with Crippen molar-refractivity contribution in [2.75, 3.05) is 0 Å². The van der Waals surface area contributed by atoms with Crippen molar-refractivity contribution in [3.63, 3.8) is 0 Å². The van der Waals surface area contributed by atoms with Gasteiger partial charge < -0.3 is 14.8 Å². The molecule has 0 fully saturated rings. The Labute approximate surface area is 114 Å². The van der Waals surface area contributed by atoms with Gasteiger partial charge in [0.15, 0.2) is 11.4 Å². The van der Waals surface area contributed by atoms with Gasteiger partial charge in [0.25, 0.3) is 5.91 Å². The Kier molecular flexibility index (Phi) is 3.04. The molecule has 0 unspecified atom stereocenters. The molecule has 0 atom stereocenters. The fourth-order valence-electron chi connectivity index (χ4n) is 1.88. The molecule has 0 spiro atoms. The molecule has 0 radical (unpaired) electrons. The van der Waals surface area contributed by atoms with Gasteiger partial charge in [0.05, 0.1) is 0 Å². The van der Waals surface area contributed by atoms with Crippen LogP contribution in [0.5, 0.6) is 5.75 Å². The number of imidazole rings is 1. The van der Waals surface area contributed by atoms with Gasteiger partial charge in [-0.25, -0.2) is 4.98 Å². The third-order valence-corrected chi connectivity index (χ3v) is 2.87. The molecule has 0 aliphatic heterocycles. The summed E-state index contributed by atoms with van der Waals surface area (Å²) in [6.45, 7) is 0.381. The number of carbonyl (C=O) groups excluding carboxylic acids is 1. The van der Waals surface area contributed by atoms with E-state index < -0.39 is 0 Å². The fraction of sp³-hybridized carbons (Fsp3) is 0.0714. The number of amides is 1. The minimum absolute atomic E-state index is 0.0406. The first kappa shape index (κ1) is 12.2. The van der Waals surface area contributed by atoms with Crippen LogP contribution in [0.2, 0.25) is 0 Å². The topological polar surface area (TPSA) is 79.5 Å². The summed E-state index contributed by atoms with van der Waals surface area (Å²) in [5.74, 6) is -0.254. The van der Waals surface area contributed by atoms with Crippen molar-refractivity contribution in [2.45, 2.75) is 6.54 Å². The van der Waals surface area contributed by atoms with E-state index >= 15 is 0 Å². The molecule has 0 aliphatic rings. The molecule has 0 saturated heterocycles. The maximum atomic E-state index is 12.0. The average Bonchev–Trinajstić information content (AvgIpc) is 2.91. The summed E-state index contributed by atoms with van der Waals surface area (Å²) in [6, 6.07) is 6.90. The second-order valence-electron chi connectivity index (χ2n) is 4.29. The number of pyridine rings is 2. The average molecular weight is 268 g/mol. The van der Waals surface area contributed by atoms with Crippen LogP contribution in [0.15, 0.2) is 49.1 Å². The molecule has 20 heavy (non-hydrogen) atoms. The predicted molar refractivity (Wildman–Crippen MR) is 72.3 cm³/mol. The van der Waals surface area contributed by atoms with Crippen LogP contribution in [-0.2, 0) is 6.54 Å². The lowest BCUT2D eigenvalue weighted by Crippen LogP contribution is -2.23. The molecule has 3 aromatic heterocycles. The summed E-state index contributed by atoms with van der Waals surface area (Å²) in [6.07, 6.45) is 6.67. The van der Waals surface area contributed by atoms with Crippen LogP contribution in [-0.4, -0.2) is 25.4 Å². The fourth-order valence-corrected chi connectivity index (χ4v) is 1.88. The molecule has 3 heterocycles. The van der Waals surface area contributed by atoms with Gasteiger partial charge in [0.2, 0.25) is 0 Å². The summed E-state index contributed by atoms with van der Waals surface area (Å²) in [7, 11) is 0. The van der Waals surface area contributed by atoms with E-state index in [0.29, 0.717) is 12.2 Å². The SMILES string of the molecule is O=C(NCc1cccnc1)c1cn2cccc(O)c2n1. The Morgan fingerprint density at radius 2 is 2.25 bits per heavy atom. The Hall–Kier alpha value is -2.89. The zero-order valence-corrected chi connectivity index (χ0v) is 10.5. The van der Waals surface area contributed by atoms with Crippen LogP contribution in [0.3, 0.4) is 0 Å². The van der Waals surface area contributed by atoms with Crippen molar-refractivity contribution in [3.8, 4) is 5.75 Å². The monoisotopic (exact) mass is 268 g/mol. The van der Waals surface area contributed by atoms with Gasteiger partial charge in [-0.1, -0.05) is 6.07 Å². The molecule has 0 aromatic carbocycles. The number of hydrogen-bond acceptors (Lipinski definition) is 4. The number of aromatic hydroxyl groups is 1. The Morgan fingerprint density at radius 3 is 3.00 bits per heavy atom. The number of nitrogens with one attached hydrogen (secondary N) is 1. The lowest BCUT2D eigenvalue weighted by Gasteiger charge is -2.02. The number of aromatic nitrogens is 3. The molecule has 6 nitrogen and oxygen atoms in total. The second-order valence-corrected chi connectivity index (χ2v) is 4.29. The molecule has 0 saturated carbocycles. The molecular formula is C14H12N4O2. The zero-order valence-electron chi connectivity index (χ0n) is 10.5. The highest BCUT2D eigenvalue weighted by molar-refractivity contribution is 5.93. The molecule has 0 aliphatic carbocycles. The minimum Gasteiger partial charge on any atom is -0.504 e. The van der Waals surface area contributed by atoms with Crippen LogP contribution >= 0.6 is 0 Å². The van der Waals surface area contributed by atoms with Gasteiger partial charge in [0, 0.05) is 31.3 Å². The molecule has 3 aromatic rings. The molecule has 2 N–H and O–H groups in total. The van der Waals surface area contributed by atoms with E-state index in [1.165, 1.54) is 6.07 Å². The van der Waals surface area contributed by atoms with E-state index in [2.05, 4.69) is 15.3 Å². The summed E-state index contributed by atoms with van der Waals surface area (Å²) in [5, 5.41) is 12.4. The van der Waals surface area contributed by atoms with E-state index in [0.717, 1.165) is 5.56 Å². The van der Waals surface area contributed by atoms with E-state index in [9.17, 15) is 9.90 Å². The number of fused-ring (bicyclic) bond motifs is 1. The van der Waals surface area contributed by atoms with E-state index in [1.807, 2.05) is 12.1 Å². The summed E-state index contributed by atoms with van der Waals surface area (Å²) < 4.78 is 1.61. The maximum Gasteiger partial charge on any atom is 0.271 e. The van der Waals surface area contributed by atoms with Gasteiger partial charge >= 0.3 is 0 Å². The number of rotatable bonds is 3. The minimum atomic E-state index is -0.294. The van der Waals surface area contributed by atoms with Crippen LogP contribution in [0.25, 0.3) is 5.65 Å². The lowest BCUT2D eigenvalue weighted by atomic mass is 10.3. The van der Waals surface area contributed by atoms with Crippen LogP contribution in [0, 0.1) is 0 Å². The Balaban J connectivity index is 1.77. The predicted octanol–water partition coefficient (Wildman–Crippen LogP) is 1.36. The zero-order chi connectivity index (χ0) is 13.9. The van der Waals surface area contributed by atoms with E-state index in [1.54, 1.807) is 35.3 Å². The standard InChI is InChI=1S/C14H12N4O2/c19-12-4-2-6-18-9-11(17-13(12)18)14(20)16-8-10-3-1-5-15-7-10/h1-7,9,19H,8H2,(H,16,20).